The summed E-state index contributed by atoms with van der Waals surface area (Å²) in [5.74, 6) is 0.760. The zero-order chi connectivity index (χ0) is 13.6. The summed E-state index contributed by atoms with van der Waals surface area (Å²) in [4.78, 5) is 0. The van der Waals surface area contributed by atoms with Gasteiger partial charge in [0, 0.05) is 12.1 Å². The van der Waals surface area contributed by atoms with E-state index in [9.17, 15) is 8.42 Å². The second kappa shape index (κ2) is 7.46. The predicted octanol–water partition coefficient (Wildman–Crippen LogP) is 1.87. The molecule has 5 heteroatoms. The van der Waals surface area contributed by atoms with E-state index in [4.69, 9.17) is 0 Å². The van der Waals surface area contributed by atoms with Crippen molar-refractivity contribution in [2.24, 2.45) is 5.92 Å². The molecule has 1 aliphatic rings. The van der Waals surface area contributed by atoms with Crippen molar-refractivity contribution in [3.63, 3.8) is 0 Å². The van der Waals surface area contributed by atoms with Gasteiger partial charge in [0.15, 0.2) is 0 Å². The molecule has 2 unspecified atom stereocenters. The first-order valence-corrected chi connectivity index (χ1v) is 8.77. The van der Waals surface area contributed by atoms with Crippen molar-refractivity contribution < 1.29 is 8.42 Å². The Bertz CT molecular complexity index is 322. The number of nitrogens with one attached hydrogen (secondary N) is 2. The topological polar surface area (TPSA) is 58.2 Å². The summed E-state index contributed by atoms with van der Waals surface area (Å²) >= 11 is 0. The van der Waals surface area contributed by atoms with Crippen LogP contribution in [0.1, 0.15) is 52.9 Å². The van der Waals surface area contributed by atoms with E-state index in [1.54, 1.807) is 0 Å². The molecule has 0 saturated carbocycles. The van der Waals surface area contributed by atoms with Crippen LogP contribution in [0.5, 0.6) is 0 Å². The van der Waals surface area contributed by atoms with Gasteiger partial charge < -0.3 is 5.32 Å². The Kier molecular flexibility index (Phi) is 6.60. The van der Waals surface area contributed by atoms with Crippen LogP contribution < -0.4 is 10.0 Å². The van der Waals surface area contributed by atoms with Crippen molar-refractivity contribution in [2.45, 2.75) is 65.0 Å². The second-order valence-electron chi connectivity index (χ2n) is 5.90. The van der Waals surface area contributed by atoms with E-state index in [-0.39, 0.29) is 11.8 Å². The van der Waals surface area contributed by atoms with Gasteiger partial charge in [0.05, 0.1) is 5.75 Å². The summed E-state index contributed by atoms with van der Waals surface area (Å²) in [5, 5.41) is 3.38. The van der Waals surface area contributed by atoms with Crippen molar-refractivity contribution in [1.82, 2.24) is 10.0 Å². The first kappa shape index (κ1) is 15.9. The number of hydrogen-bond acceptors (Lipinski definition) is 3. The lowest BCUT2D eigenvalue weighted by atomic mass is 10.0. The molecule has 4 nitrogen and oxygen atoms in total. The Hall–Kier alpha value is -0.130. The van der Waals surface area contributed by atoms with Gasteiger partial charge in [-0.3, -0.25) is 0 Å². The minimum Gasteiger partial charge on any atom is -0.314 e. The van der Waals surface area contributed by atoms with Gasteiger partial charge in [-0.2, -0.15) is 0 Å². The lowest BCUT2D eigenvalue weighted by Gasteiger charge is -2.23. The zero-order valence-electron chi connectivity index (χ0n) is 11.9. The first-order chi connectivity index (χ1) is 8.39. The summed E-state index contributed by atoms with van der Waals surface area (Å²) in [5.41, 5.74) is 0. The standard InChI is InChI=1S/C13H28N2O2S/c1-11(2)10-12(3)15-18(16,17)9-7-13-6-4-5-8-14-13/h11-15H,4-10H2,1-3H3. The molecule has 18 heavy (non-hydrogen) atoms. The SMILES string of the molecule is CC(C)CC(C)NS(=O)(=O)CCC1CCCCN1. The Labute approximate surface area is 112 Å². The van der Waals surface area contributed by atoms with E-state index in [1.807, 2.05) is 6.92 Å². The number of hydrogen-bond donors (Lipinski definition) is 2. The Balaban J connectivity index is 2.30. The molecule has 0 aromatic heterocycles. The Morgan fingerprint density at radius 3 is 2.56 bits per heavy atom. The number of rotatable bonds is 7. The zero-order valence-corrected chi connectivity index (χ0v) is 12.7. The van der Waals surface area contributed by atoms with Crippen LogP contribution >= 0.6 is 0 Å². The molecule has 108 valence electrons. The van der Waals surface area contributed by atoms with Crippen LogP contribution in [0.2, 0.25) is 0 Å². The highest BCUT2D eigenvalue weighted by molar-refractivity contribution is 7.89. The minimum atomic E-state index is -3.12. The summed E-state index contributed by atoms with van der Waals surface area (Å²) in [6.07, 6.45) is 5.16. The monoisotopic (exact) mass is 276 g/mol. The van der Waals surface area contributed by atoms with Gasteiger partial charge in [0.25, 0.3) is 0 Å². The van der Waals surface area contributed by atoms with Gasteiger partial charge in [-0.25, -0.2) is 13.1 Å². The van der Waals surface area contributed by atoms with E-state index < -0.39 is 10.0 Å². The molecule has 0 amide bonds. The molecule has 1 rings (SSSR count). The van der Waals surface area contributed by atoms with E-state index in [0.717, 1.165) is 25.8 Å². The van der Waals surface area contributed by atoms with Crippen molar-refractivity contribution >= 4 is 10.0 Å². The highest BCUT2D eigenvalue weighted by Crippen LogP contribution is 2.11. The molecule has 0 aromatic rings. The van der Waals surface area contributed by atoms with Gasteiger partial charge in [-0.05, 0) is 45.1 Å². The van der Waals surface area contributed by atoms with Crippen LogP contribution in [0.25, 0.3) is 0 Å². The molecular formula is C13H28N2O2S. The number of sulfonamides is 1. The largest absolute Gasteiger partial charge is 0.314 e. The molecule has 0 aliphatic carbocycles. The highest BCUT2D eigenvalue weighted by atomic mass is 32.2. The summed E-state index contributed by atoms with van der Waals surface area (Å²) in [7, 11) is -3.12. The molecule has 1 fully saturated rings. The molecule has 0 radical (unpaired) electrons. The van der Waals surface area contributed by atoms with E-state index >= 15 is 0 Å². The number of piperidine rings is 1. The second-order valence-corrected chi connectivity index (χ2v) is 7.78. The quantitative estimate of drug-likeness (QED) is 0.746. The van der Waals surface area contributed by atoms with Gasteiger partial charge in [0.2, 0.25) is 10.0 Å². The predicted molar refractivity (Wildman–Crippen MR) is 76.1 cm³/mol. The molecule has 1 heterocycles. The van der Waals surface area contributed by atoms with Crippen LogP contribution in [0.3, 0.4) is 0 Å². The van der Waals surface area contributed by atoms with Gasteiger partial charge >= 0.3 is 0 Å². The third kappa shape index (κ3) is 6.71. The van der Waals surface area contributed by atoms with Crippen molar-refractivity contribution in [1.29, 1.82) is 0 Å². The molecule has 2 atom stereocenters. The lowest BCUT2D eigenvalue weighted by molar-refractivity contribution is 0.391. The third-order valence-corrected chi connectivity index (χ3v) is 4.89. The Morgan fingerprint density at radius 1 is 1.28 bits per heavy atom. The Morgan fingerprint density at radius 2 is 2.00 bits per heavy atom. The maximum absolute atomic E-state index is 11.9. The van der Waals surface area contributed by atoms with Crippen LogP contribution in [0.15, 0.2) is 0 Å². The minimum absolute atomic E-state index is 0.0364. The average molecular weight is 276 g/mol. The van der Waals surface area contributed by atoms with Crippen molar-refractivity contribution in [2.75, 3.05) is 12.3 Å². The fourth-order valence-electron chi connectivity index (χ4n) is 2.59. The normalized spacial score (nSPS) is 23.2. The van der Waals surface area contributed by atoms with Crippen molar-refractivity contribution in [3.8, 4) is 0 Å². The molecule has 0 aromatic carbocycles. The first-order valence-electron chi connectivity index (χ1n) is 7.12. The van der Waals surface area contributed by atoms with Crippen LogP contribution in [0, 0.1) is 5.92 Å². The van der Waals surface area contributed by atoms with E-state index in [1.165, 1.54) is 12.8 Å². The fourth-order valence-corrected chi connectivity index (χ4v) is 4.01. The van der Waals surface area contributed by atoms with Crippen molar-refractivity contribution in [3.05, 3.63) is 0 Å². The summed E-state index contributed by atoms with van der Waals surface area (Å²) < 4.78 is 26.6. The average Bonchev–Trinajstić information content (AvgIpc) is 2.26. The maximum Gasteiger partial charge on any atom is 0.211 e. The molecule has 2 N–H and O–H groups in total. The van der Waals surface area contributed by atoms with Gasteiger partial charge in [-0.15, -0.1) is 0 Å². The molecule has 0 bridgehead atoms. The van der Waals surface area contributed by atoms with Crippen LogP contribution in [0.4, 0.5) is 0 Å². The highest BCUT2D eigenvalue weighted by Gasteiger charge is 2.19. The summed E-state index contributed by atoms with van der Waals surface area (Å²) in [6.45, 7) is 7.19. The molecule has 0 spiro atoms. The third-order valence-electron chi connectivity index (χ3n) is 3.35. The summed E-state index contributed by atoms with van der Waals surface area (Å²) in [6, 6.07) is 0.421. The van der Waals surface area contributed by atoms with E-state index in [2.05, 4.69) is 23.9 Å². The fraction of sp³-hybridized carbons (Fsp3) is 1.00. The van der Waals surface area contributed by atoms with Crippen LogP contribution in [-0.4, -0.2) is 32.8 Å². The van der Waals surface area contributed by atoms with Gasteiger partial charge in [0.1, 0.15) is 0 Å². The molecular weight excluding hydrogens is 248 g/mol. The molecule has 1 saturated heterocycles. The molecule has 1 aliphatic heterocycles. The van der Waals surface area contributed by atoms with Crippen LogP contribution in [-0.2, 0) is 10.0 Å². The maximum atomic E-state index is 11.9. The van der Waals surface area contributed by atoms with E-state index in [0.29, 0.717) is 12.0 Å². The smallest absolute Gasteiger partial charge is 0.211 e. The van der Waals surface area contributed by atoms with Gasteiger partial charge in [-0.1, -0.05) is 20.3 Å². The lowest BCUT2D eigenvalue weighted by Crippen LogP contribution is -2.39.